The second-order valence-electron chi connectivity index (χ2n) is 3.80. The monoisotopic (exact) mass is 300 g/mol. The molecule has 0 N–H and O–H groups in total. The third-order valence-corrected chi connectivity index (χ3v) is 3.28. The van der Waals surface area contributed by atoms with Gasteiger partial charge in [0.25, 0.3) is 0 Å². The van der Waals surface area contributed by atoms with Crippen LogP contribution in [0.5, 0.6) is 5.75 Å². The van der Waals surface area contributed by atoms with E-state index >= 15 is 0 Å². The van der Waals surface area contributed by atoms with E-state index in [1.165, 1.54) is 11.1 Å². The van der Waals surface area contributed by atoms with Crippen LogP contribution in [-0.2, 0) is 12.8 Å². The van der Waals surface area contributed by atoms with E-state index in [2.05, 4.69) is 40.2 Å². The molecular formula is C13H14BrClO. The van der Waals surface area contributed by atoms with Gasteiger partial charge in [-0.25, -0.2) is 0 Å². The minimum absolute atomic E-state index is 0.684. The summed E-state index contributed by atoms with van der Waals surface area (Å²) in [4.78, 5) is 0. The van der Waals surface area contributed by atoms with Gasteiger partial charge in [-0.1, -0.05) is 28.1 Å². The first-order valence-electron chi connectivity index (χ1n) is 5.46. The number of alkyl halides is 1. The van der Waals surface area contributed by atoms with Gasteiger partial charge in [0.1, 0.15) is 5.75 Å². The van der Waals surface area contributed by atoms with Crippen molar-refractivity contribution < 1.29 is 4.74 Å². The molecule has 3 heteroatoms. The lowest BCUT2D eigenvalue weighted by Gasteiger charge is -2.06. The molecule has 1 aromatic rings. The average Bonchev–Trinajstić information content (AvgIpc) is 2.72. The Kier molecular flexibility index (Phi) is 4.30. The van der Waals surface area contributed by atoms with Crippen molar-refractivity contribution >= 4 is 27.5 Å². The highest BCUT2D eigenvalue weighted by Crippen LogP contribution is 2.33. The largest absolute Gasteiger partial charge is 0.493 e. The summed E-state index contributed by atoms with van der Waals surface area (Å²) in [7, 11) is 0. The molecule has 0 aliphatic carbocycles. The Bertz CT molecular complexity index is 401. The molecular weight excluding hydrogens is 287 g/mol. The van der Waals surface area contributed by atoms with E-state index in [9.17, 15) is 0 Å². The van der Waals surface area contributed by atoms with Crippen LogP contribution in [0.4, 0.5) is 0 Å². The molecule has 0 saturated heterocycles. The summed E-state index contributed by atoms with van der Waals surface area (Å²) >= 11 is 9.16. The van der Waals surface area contributed by atoms with Crippen molar-refractivity contribution in [2.24, 2.45) is 0 Å². The number of ether oxygens (including phenoxy) is 1. The van der Waals surface area contributed by atoms with Gasteiger partial charge in [0, 0.05) is 16.8 Å². The summed E-state index contributed by atoms with van der Waals surface area (Å²) in [5.41, 5.74) is 2.57. The molecule has 0 radical (unpaired) electrons. The third kappa shape index (κ3) is 2.80. The van der Waals surface area contributed by atoms with Crippen LogP contribution in [0.2, 0.25) is 0 Å². The quantitative estimate of drug-likeness (QED) is 0.600. The molecule has 0 spiro atoms. The SMILES string of the molecule is ClCC/C=C/Cc1cc(Br)cc2c1OCC2. The van der Waals surface area contributed by atoms with E-state index in [0.717, 1.165) is 36.1 Å². The van der Waals surface area contributed by atoms with Gasteiger partial charge in [0.2, 0.25) is 0 Å². The molecule has 0 amide bonds. The van der Waals surface area contributed by atoms with Crippen molar-refractivity contribution in [1.82, 2.24) is 0 Å². The molecule has 16 heavy (non-hydrogen) atoms. The lowest BCUT2D eigenvalue weighted by Crippen LogP contribution is -1.91. The fourth-order valence-corrected chi connectivity index (χ4v) is 2.57. The normalized spacial score (nSPS) is 14.1. The van der Waals surface area contributed by atoms with E-state index in [4.69, 9.17) is 16.3 Å². The highest BCUT2D eigenvalue weighted by molar-refractivity contribution is 9.10. The summed E-state index contributed by atoms with van der Waals surface area (Å²) in [5.74, 6) is 1.77. The van der Waals surface area contributed by atoms with Gasteiger partial charge in [0.15, 0.2) is 0 Å². The van der Waals surface area contributed by atoms with Gasteiger partial charge in [0.05, 0.1) is 6.61 Å². The maximum Gasteiger partial charge on any atom is 0.126 e. The molecule has 1 nitrogen and oxygen atoms in total. The predicted octanol–water partition coefficient (Wildman–Crippen LogP) is 4.11. The smallest absolute Gasteiger partial charge is 0.126 e. The Hall–Kier alpha value is -0.470. The highest BCUT2D eigenvalue weighted by Gasteiger charge is 2.16. The predicted molar refractivity (Wildman–Crippen MR) is 71.5 cm³/mol. The van der Waals surface area contributed by atoms with Crippen molar-refractivity contribution in [3.05, 3.63) is 39.9 Å². The zero-order chi connectivity index (χ0) is 11.4. The molecule has 86 valence electrons. The van der Waals surface area contributed by atoms with Crippen LogP contribution >= 0.6 is 27.5 Å². The Balaban J connectivity index is 2.14. The summed E-state index contributed by atoms with van der Waals surface area (Å²) in [5, 5.41) is 0. The van der Waals surface area contributed by atoms with Gasteiger partial charge in [-0.2, -0.15) is 0 Å². The number of allylic oxidation sites excluding steroid dienone is 2. The molecule has 1 aliphatic rings. The first kappa shape index (κ1) is 12.0. The van der Waals surface area contributed by atoms with Crippen molar-refractivity contribution in [3.63, 3.8) is 0 Å². The topological polar surface area (TPSA) is 9.23 Å². The van der Waals surface area contributed by atoms with E-state index in [1.807, 2.05) is 0 Å². The van der Waals surface area contributed by atoms with Gasteiger partial charge >= 0.3 is 0 Å². The lowest BCUT2D eigenvalue weighted by molar-refractivity contribution is 0.354. The van der Waals surface area contributed by atoms with Crippen LogP contribution in [0.1, 0.15) is 17.5 Å². The van der Waals surface area contributed by atoms with Gasteiger partial charge in [-0.15, -0.1) is 11.6 Å². The number of benzene rings is 1. The molecule has 0 fully saturated rings. The maximum atomic E-state index is 5.66. The fraction of sp³-hybridized carbons (Fsp3) is 0.385. The van der Waals surface area contributed by atoms with Crippen molar-refractivity contribution in [2.45, 2.75) is 19.3 Å². The molecule has 1 heterocycles. The Labute approximate surface area is 110 Å². The molecule has 0 unspecified atom stereocenters. The number of rotatable bonds is 4. The summed E-state index contributed by atoms with van der Waals surface area (Å²) in [6.07, 6.45) is 7.14. The van der Waals surface area contributed by atoms with Gasteiger partial charge in [-0.05, 0) is 36.1 Å². The van der Waals surface area contributed by atoms with Crippen LogP contribution in [0.3, 0.4) is 0 Å². The van der Waals surface area contributed by atoms with E-state index in [0.29, 0.717) is 5.88 Å². The number of hydrogen-bond donors (Lipinski definition) is 0. The van der Waals surface area contributed by atoms with Crippen molar-refractivity contribution in [1.29, 1.82) is 0 Å². The van der Waals surface area contributed by atoms with E-state index in [1.54, 1.807) is 0 Å². The van der Waals surface area contributed by atoms with E-state index in [-0.39, 0.29) is 0 Å². The summed E-state index contributed by atoms with van der Waals surface area (Å²) < 4.78 is 6.80. The first-order chi connectivity index (χ1) is 7.81. The number of fused-ring (bicyclic) bond motifs is 1. The summed E-state index contributed by atoms with van der Waals surface area (Å²) in [6.45, 7) is 0.810. The minimum Gasteiger partial charge on any atom is -0.493 e. The zero-order valence-electron chi connectivity index (χ0n) is 9.01. The molecule has 0 aromatic heterocycles. The van der Waals surface area contributed by atoms with Crippen molar-refractivity contribution in [3.8, 4) is 5.75 Å². The van der Waals surface area contributed by atoms with E-state index < -0.39 is 0 Å². The average molecular weight is 302 g/mol. The summed E-state index contributed by atoms with van der Waals surface area (Å²) in [6, 6.07) is 4.28. The van der Waals surface area contributed by atoms with Crippen LogP contribution in [-0.4, -0.2) is 12.5 Å². The second kappa shape index (κ2) is 5.74. The van der Waals surface area contributed by atoms with Crippen LogP contribution in [0.15, 0.2) is 28.8 Å². The molecule has 0 atom stereocenters. The van der Waals surface area contributed by atoms with Crippen LogP contribution < -0.4 is 4.74 Å². The third-order valence-electron chi connectivity index (χ3n) is 2.61. The van der Waals surface area contributed by atoms with Crippen LogP contribution in [0, 0.1) is 0 Å². The maximum absolute atomic E-state index is 5.66. The Morgan fingerprint density at radius 1 is 1.38 bits per heavy atom. The molecule has 1 aromatic carbocycles. The van der Waals surface area contributed by atoms with Gasteiger partial charge < -0.3 is 4.74 Å². The number of hydrogen-bond acceptors (Lipinski definition) is 1. The number of halogens is 2. The van der Waals surface area contributed by atoms with Crippen LogP contribution in [0.25, 0.3) is 0 Å². The Morgan fingerprint density at radius 2 is 2.25 bits per heavy atom. The first-order valence-corrected chi connectivity index (χ1v) is 6.79. The van der Waals surface area contributed by atoms with Crippen molar-refractivity contribution in [2.75, 3.05) is 12.5 Å². The highest BCUT2D eigenvalue weighted by atomic mass is 79.9. The minimum atomic E-state index is 0.684. The fourth-order valence-electron chi connectivity index (χ4n) is 1.89. The molecule has 0 bridgehead atoms. The lowest BCUT2D eigenvalue weighted by atomic mass is 10.1. The molecule has 2 rings (SSSR count). The van der Waals surface area contributed by atoms with Gasteiger partial charge in [-0.3, -0.25) is 0 Å². The second-order valence-corrected chi connectivity index (χ2v) is 5.10. The molecule has 1 aliphatic heterocycles. The Morgan fingerprint density at radius 3 is 3.06 bits per heavy atom. The standard InChI is InChI=1S/C13H14BrClO/c14-12-8-10(4-2-1-3-6-15)13-11(9-12)5-7-16-13/h1-2,8-9H,3-7H2/b2-1+. The zero-order valence-corrected chi connectivity index (χ0v) is 11.4. The molecule has 0 saturated carbocycles.